The number of amides is 1. The molecule has 2 aromatic carbocycles. The van der Waals surface area contributed by atoms with E-state index in [0.29, 0.717) is 36.0 Å². The van der Waals surface area contributed by atoms with Gasteiger partial charge < -0.3 is 10.6 Å². The van der Waals surface area contributed by atoms with Crippen LogP contribution in [-0.4, -0.2) is 66.4 Å². The van der Waals surface area contributed by atoms with Gasteiger partial charge in [0.1, 0.15) is 23.1 Å². The largest absolute Gasteiger partial charge is 0.383 e. The van der Waals surface area contributed by atoms with Crippen LogP contribution in [0, 0.1) is 11.3 Å². The van der Waals surface area contributed by atoms with Gasteiger partial charge in [-0.25, -0.2) is 19.9 Å². The number of anilines is 1. The van der Waals surface area contributed by atoms with Crippen molar-refractivity contribution in [1.29, 1.82) is 5.26 Å². The summed E-state index contributed by atoms with van der Waals surface area (Å²) in [4.78, 5) is 35.4. The van der Waals surface area contributed by atoms with Crippen molar-refractivity contribution in [2.45, 2.75) is 6.54 Å². The lowest BCUT2D eigenvalue weighted by Crippen LogP contribution is -2.48. The van der Waals surface area contributed by atoms with Crippen LogP contribution in [0.15, 0.2) is 103 Å². The monoisotopic (exact) mass is 591 g/mol. The number of carbonyl (C=O) groups excluding carboxylic acids is 1. The third kappa shape index (κ3) is 5.60. The molecule has 220 valence electrons. The first-order valence-electron chi connectivity index (χ1n) is 14.7. The van der Waals surface area contributed by atoms with Crippen LogP contribution >= 0.6 is 0 Å². The standard InChI is InChI=1S/C35H29N9O/c36-21-27-11-10-26(22-39-27)35(45)43-19-17-42(18-20-43)23-24-8-12-28(13-9-24)44-33(29-7-4-16-38-32(29)37)41-31-15-14-30(40-34(31)44)25-5-2-1-3-6-25/h1-16,22H,17-20,23H2,(H2,37,38). The van der Waals surface area contributed by atoms with Crippen LogP contribution in [0.4, 0.5) is 5.82 Å². The number of aromatic nitrogens is 5. The van der Waals surface area contributed by atoms with Gasteiger partial charge in [-0.05, 0) is 54.1 Å². The van der Waals surface area contributed by atoms with Gasteiger partial charge in [0.05, 0.1) is 16.8 Å². The number of benzene rings is 2. The number of hydrogen-bond acceptors (Lipinski definition) is 8. The summed E-state index contributed by atoms with van der Waals surface area (Å²) in [5.41, 5.74) is 13.3. The van der Waals surface area contributed by atoms with Crippen LogP contribution in [0.5, 0.6) is 0 Å². The molecule has 0 spiro atoms. The molecule has 10 heteroatoms. The molecule has 1 fully saturated rings. The Balaban J connectivity index is 1.13. The average Bonchev–Trinajstić information content (AvgIpc) is 3.48. The zero-order valence-corrected chi connectivity index (χ0v) is 24.4. The molecule has 7 rings (SSSR count). The minimum absolute atomic E-state index is 0.0577. The Bertz CT molecular complexity index is 2020. The maximum Gasteiger partial charge on any atom is 0.255 e. The van der Waals surface area contributed by atoms with Gasteiger partial charge in [0.25, 0.3) is 5.91 Å². The molecule has 0 atom stereocenters. The molecule has 0 saturated carbocycles. The first kappa shape index (κ1) is 27.9. The lowest BCUT2D eigenvalue weighted by Gasteiger charge is -2.34. The van der Waals surface area contributed by atoms with Crippen molar-refractivity contribution in [3.05, 3.63) is 120 Å². The zero-order valence-electron chi connectivity index (χ0n) is 24.4. The molecule has 5 heterocycles. The van der Waals surface area contributed by atoms with Crippen LogP contribution in [0.25, 0.3) is 39.5 Å². The maximum absolute atomic E-state index is 12.9. The van der Waals surface area contributed by atoms with Gasteiger partial charge >= 0.3 is 0 Å². The number of hydrogen-bond donors (Lipinski definition) is 1. The fourth-order valence-electron chi connectivity index (χ4n) is 5.65. The lowest BCUT2D eigenvalue weighted by molar-refractivity contribution is 0.0628. The number of imidazole rings is 1. The SMILES string of the molecule is N#Cc1ccc(C(=O)N2CCN(Cc3ccc(-n4c(-c5cccnc5N)nc5ccc(-c6ccccc6)nc54)cc3)CC2)cn1. The van der Waals surface area contributed by atoms with Crippen LogP contribution in [0.2, 0.25) is 0 Å². The highest BCUT2D eigenvalue weighted by Gasteiger charge is 2.23. The number of nitriles is 1. The topological polar surface area (TPSA) is 130 Å². The molecular weight excluding hydrogens is 562 g/mol. The molecular formula is C35H29N9O. The predicted octanol–water partition coefficient (Wildman–Crippen LogP) is 4.96. The lowest BCUT2D eigenvalue weighted by atomic mass is 10.1. The van der Waals surface area contributed by atoms with Gasteiger partial charge in [0.15, 0.2) is 11.5 Å². The fraction of sp³-hybridized carbons (Fsp3) is 0.143. The van der Waals surface area contributed by atoms with Crippen molar-refractivity contribution >= 4 is 22.9 Å². The molecule has 4 aromatic heterocycles. The highest BCUT2D eigenvalue weighted by molar-refractivity contribution is 5.94. The van der Waals surface area contributed by atoms with E-state index in [4.69, 9.17) is 21.0 Å². The second-order valence-electron chi connectivity index (χ2n) is 10.9. The first-order chi connectivity index (χ1) is 22.1. The fourth-order valence-corrected chi connectivity index (χ4v) is 5.65. The molecule has 1 saturated heterocycles. The number of fused-ring (bicyclic) bond motifs is 1. The van der Waals surface area contributed by atoms with Crippen molar-refractivity contribution < 1.29 is 4.79 Å². The number of nitrogen functional groups attached to an aromatic ring is 1. The molecule has 10 nitrogen and oxygen atoms in total. The average molecular weight is 592 g/mol. The van der Waals surface area contributed by atoms with Crippen molar-refractivity contribution in [3.8, 4) is 34.4 Å². The molecule has 45 heavy (non-hydrogen) atoms. The van der Waals surface area contributed by atoms with E-state index >= 15 is 0 Å². The molecule has 1 aliphatic rings. The highest BCUT2D eigenvalue weighted by atomic mass is 16.2. The smallest absolute Gasteiger partial charge is 0.255 e. The third-order valence-corrected chi connectivity index (χ3v) is 8.04. The Morgan fingerprint density at radius 1 is 0.844 bits per heavy atom. The summed E-state index contributed by atoms with van der Waals surface area (Å²) in [7, 11) is 0. The van der Waals surface area contributed by atoms with Crippen LogP contribution in [-0.2, 0) is 6.54 Å². The number of rotatable bonds is 6. The van der Waals surface area contributed by atoms with E-state index in [1.165, 1.54) is 11.8 Å². The number of carbonyl (C=O) groups is 1. The molecule has 1 aliphatic heterocycles. The maximum atomic E-state index is 12.9. The number of pyridine rings is 3. The number of nitrogens with zero attached hydrogens (tertiary/aromatic N) is 8. The van der Waals surface area contributed by atoms with Crippen LogP contribution in [0.1, 0.15) is 21.6 Å². The zero-order chi connectivity index (χ0) is 30.8. The summed E-state index contributed by atoms with van der Waals surface area (Å²) in [5.74, 6) is 1.03. The summed E-state index contributed by atoms with van der Waals surface area (Å²) < 4.78 is 2.04. The highest BCUT2D eigenvalue weighted by Crippen LogP contribution is 2.32. The second-order valence-corrected chi connectivity index (χ2v) is 10.9. The van der Waals surface area contributed by atoms with Crippen molar-refractivity contribution in [3.63, 3.8) is 0 Å². The van der Waals surface area contributed by atoms with E-state index in [1.54, 1.807) is 18.3 Å². The third-order valence-electron chi connectivity index (χ3n) is 8.04. The van der Waals surface area contributed by atoms with Crippen LogP contribution < -0.4 is 5.73 Å². The number of piperazine rings is 1. The Morgan fingerprint density at radius 3 is 2.36 bits per heavy atom. The molecule has 0 radical (unpaired) electrons. The molecule has 1 amide bonds. The number of nitrogens with two attached hydrogens (primary N) is 1. The van der Waals surface area contributed by atoms with Gasteiger partial charge in [-0.1, -0.05) is 42.5 Å². The first-order valence-corrected chi connectivity index (χ1v) is 14.7. The summed E-state index contributed by atoms with van der Waals surface area (Å²) in [6, 6.07) is 31.5. The Morgan fingerprint density at radius 2 is 1.64 bits per heavy atom. The van der Waals surface area contributed by atoms with E-state index < -0.39 is 0 Å². The van der Waals surface area contributed by atoms with Gasteiger partial charge in [0, 0.05) is 56.4 Å². The quantitative estimate of drug-likeness (QED) is 0.288. The van der Waals surface area contributed by atoms with Crippen molar-refractivity contribution in [2.24, 2.45) is 0 Å². The van der Waals surface area contributed by atoms with E-state index in [1.807, 2.05) is 70.1 Å². The second kappa shape index (κ2) is 12.0. The molecule has 6 aromatic rings. The Hall–Kier alpha value is -5.92. The van der Waals surface area contributed by atoms with E-state index in [0.717, 1.165) is 53.3 Å². The molecule has 0 aliphatic carbocycles. The minimum Gasteiger partial charge on any atom is -0.383 e. The van der Waals surface area contributed by atoms with Crippen molar-refractivity contribution in [1.82, 2.24) is 34.3 Å². The molecule has 0 unspecified atom stereocenters. The summed E-state index contributed by atoms with van der Waals surface area (Å²) in [6.45, 7) is 3.55. The summed E-state index contributed by atoms with van der Waals surface area (Å²) >= 11 is 0. The van der Waals surface area contributed by atoms with Crippen molar-refractivity contribution in [2.75, 3.05) is 31.9 Å². The Kier molecular flexibility index (Phi) is 7.43. The van der Waals surface area contributed by atoms with E-state index in [-0.39, 0.29) is 5.91 Å². The van der Waals surface area contributed by atoms with E-state index in [9.17, 15) is 4.79 Å². The summed E-state index contributed by atoms with van der Waals surface area (Å²) in [5, 5.41) is 8.96. The molecule has 2 N–H and O–H groups in total. The van der Waals surface area contributed by atoms with Gasteiger partial charge in [0.2, 0.25) is 0 Å². The normalized spacial score (nSPS) is 13.5. The van der Waals surface area contributed by atoms with Gasteiger partial charge in [-0.2, -0.15) is 5.26 Å². The van der Waals surface area contributed by atoms with E-state index in [2.05, 4.69) is 39.1 Å². The van der Waals surface area contributed by atoms with Crippen LogP contribution in [0.3, 0.4) is 0 Å². The predicted molar refractivity (Wildman–Crippen MR) is 172 cm³/mol. The minimum atomic E-state index is -0.0577. The Labute approximate surface area is 260 Å². The van der Waals surface area contributed by atoms with Gasteiger partial charge in [-0.15, -0.1) is 0 Å². The molecule has 0 bridgehead atoms. The van der Waals surface area contributed by atoms with Gasteiger partial charge in [-0.3, -0.25) is 14.3 Å². The summed E-state index contributed by atoms with van der Waals surface area (Å²) in [6.07, 6.45) is 3.15.